The number of hydrogen-bond donors (Lipinski definition) is 0. The number of ether oxygens (including phenoxy) is 2. The molecule has 4 aromatic rings. The Balaban J connectivity index is 1.43. The molecule has 0 aliphatic rings. The van der Waals surface area contributed by atoms with Crippen LogP contribution in [-0.2, 0) is 24.3 Å². The summed E-state index contributed by atoms with van der Waals surface area (Å²) in [4.78, 5) is 20.6. The minimum Gasteiger partial charge on any atom is -0.497 e. The zero-order valence-corrected chi connectivity index (χ0v) is 19.4. The Hall–Kier alpha value is -3.65. The standard InChI is InChI=1S/C25H25N3O4S/c1-30-20-11-9-18(10-12-20)25-26-23(32-27-25)13-14-24(29)28(17-21-7-5-15-33-21)16-19-6-3-4-8-22(19)31-2/h3-12,15H,13-14,16-17H2,1-2H3. The maximum absolute atomic E-state index is 13.2. The molecule has 2 aromatic carbocycles. The van der Waals surface area contributed by atoms with E-state index in [2.05, 4.69) is 10.1 Å². The Bertz CT molecular complexity index is 1170. The molecule has 4 rings (SSSR count). The van der Waals surface area contributed by atoms with Crippen LogP contribution in [0.15, 0.2) is 70.6 Å². The third kappa shape index (κ3) is 5.78. The molecule has 0 spiro atoms. The van der Waals surface area contributed by atoms with Crippen LogP contribution in [0, 0.1) is 0 Å². The molecular weight excluding hydrogens is 438 g/mol. The van der Waals surface area contributed by atoms with Crippen molar-refractivity contribution in [3.63, 3.8) is 0 Å². The van der Waals surface area contributed by atoms with Crippen LogP contribution in [0.3, 0.4) is 0 Å². The van der Waals surface area contributed by atoms with E-state index in [1.54, 1.807) is 25.6 Å². The molecule has 1 amide bonds. The van der Waals surface area contributed by atoms with Crippen LogP contribution < -0.4 is 9.47 Å². The minimum atomic E-state index is 0.0125. The Labute approximate surface area is 196 Å². The lowest BCUT2D eigenvalue weighted by atomic mass is 10.1. The van der Waals surface area contributed by atoms with Gasteiger partial charge < -0.3 is 18.9 Å². The van der Waals surface area contributed by atoms with Crippen LogP contribution in [-0.4, -0.2) is 35.2 Å². The summed E-state index contributed by atoms with van der Waals surface area (Å²) in [6, 6.07) is 19.2. The second-order valence-electron chi connectivity index (χ2n) is 7.38. The van der Waals surface area contributed by atoms with E-state index in [4.69, 9.17) is 14.0 Å². The average Bonchev–Trinajstić information content (AvgIpc) is 3.55. The smallest absolute Gasteiger partial charge is 0.227 e. The number of benzene rings is 2. The lowest BCUT2D eigenvalue weighted by Gasteiger charge is -2.23. The van der Waals surface area contributed by atoms with Gasteiger partial charge in [0.25, 0.3) is 0 Å². The maximum Gasteiger partial charge on any atom is 0.227 e. The van der Waals surface area contributed by atoms with Crippen molar-refractivity contribution in [2.45, 2.75) is 25.9 Å². The Morgan fingerprint density at radius 1 is 1.00 bits per heavy atom. The Kier molecular flexibility index (Phi) is 7.36. The van der Waals surface area contributed by atoms with Crippen molar-refractivity contribution < 1.29 is 18.8 Å². The van der Waals surface area contributed by atoms with E-state index in [0.29, 0.717) is 31.2 Å². The lowest BCUT2D eigenvalue weighted by Crippen LogP contribution is -2.30. The topological polar surface area (TPSA) is 77.7 Å². The summed E-state index contributed by atoms with van der Waals surface area (Å²) in [7, 11) is 3.26. The number of carbonyl (C=O) groups excluding carboxylic acids is 1. The molecule has 0 aliphatic carbocycles. The fourth-order valence-corrected chi connectivity index (χ4v) is 4.17. The van der Waals surface area contributed by atoms with Crippen LogP contribution in [0.4, 0.5) is 0 Å². The normalized spacial score (nSPS) is 10.7. The highest BCUT2D eigenvalue weighted by molar-refractivity contribution is 7.09. The van der Waals surface area contributed by atoms with Gasteiger partial charge in [0.2, 0.25) is 17.6 Å². The number of aryl methyl sites for hydroxylation is 1. The van der Waals surface area contributed by atoms with E-state index in [1.165, 1.54) is 0 Å². The van der Waals surface area contributed by atoms with E-state index >= 15 is 0 Å². The van der Waals surface area contributed by atoms with Crippen molar-refractivity contribution >= 4 is 17.2 Å². The van der Waals surface area contributed by atoms with Gasteiger partial charge in [0, 0.05) is 35.4 Å². The van der Waals surface area contributed by atoms with Gasteiger partial charge in [-0.15, -0.1) is 11.3 Å². The van der Waals surface area contributed by atoms with Crippen molar-refractivity contribution in [3.05, 3.63) is 82.4 Å². The van der Waals surface area contributed by atoms with E-state index < -0.39 is 0 Å². The van der Waals surface area contributed by atoms with Crippen LogP contribution in [0.2, 0.25) is 0 Å². The third-order valence-corrected chi connectivity index (χ3v) is 6.06. The van der Waals surface area contributed by atoms with E-state index in [0.717, 1.165) is 27.5 Å². The molecule has 0 N–H and O–H groups in total. The predicted octanol–water partition coefficient (Wildman–Crippen LogP) is 4.98. The third-order valence-electron chi connectivity index (χ3n) is 5.20. The molecule has 170 valence electrons. The molecule has 0 saturated heterocycles. The molecule has 8 heteroatoms. The first-order chi connectivity index (χ1) is 16.2. The summed E-state index contributed by atoms with van der Waals surface area (Å²) in [5.74, 6) is 2.46. The molecule has 0 atom stereocenters. The van der Waals surface area contributed by atoms with E-state index in [-0.39, 0.29) is 12.3 Å². The number of methoxy groups -OCH3 is 2. The molecule has 0 saturated carbocycles. The zero-order valence-electron chi connectivity index (χ0n) is 18.6. The summed E-state index contributed by atoms with van der Waals surface area (Å²) in [5, 5.41) is 6.06. The predicted molar refractivity (Wildman–Crippen MR) is 126 cm³/mol. The monoisotopic (exact) mass is 463 g/mol. The number of aromatic nitrogens is 2. The molecule has 0 aliphatic heterocycles. The first-order valence-electron chi connectivity index (χ1n) is 10.6. The van der Waals surface area contributed by atoms with Crippen molar-refractivity contribution in [1.29, 1.82) is 0 Å². The molecule has 0 bridgehead atoms. The highest BCUT2D eigenvalue weighted by Gasteiger charge is 2.19. The number of thiophene rings is 1. The largest absolute Gasteiger partial charge is 0.497 e. The SMILES string of the molecule is COc1ccc(-c2noc(CCC(=O)N(Cc3cccs3)Cc3ccccc3OC)n2)cc1. The maximum atomic E-state index is 13.2. The number of hydrogen-bond acceptors (Lipinski definition) is 7. The second kappa shape index (κ2) is 10.8. The average molecular weight is 464 g/mol. The van der Waals surface area contributed by atoms with Gasteiger partial charge in [0.1, 0.15) is 11.5 Å². The molecule has 0 radical (unpaired) electrons. The second-order valence-corrected chi connectivity index (χ2v) is 8.41. The highest BCUT2D eigenvalue weighted by Crippen LogP contribution is 2.23. The van der Waals surface area contributed by atoms with Gasteiger partial charge in [-0.1, -0.05) is 29.4 Å². The summed E-state index contributed by atoms with van der Waals surface area (Å²) in [6.45, 7) is 0.997. The summed E-state index contributed by atoms with van der Waals surface area (Å²) < 4.78 is 16.0. The fourth-order valence-electron chi connectivity index (χ4n) is 3.45. The number of nitrogens with zero attached hydrogens (tertiary/aromatic N) is 3. The van der Waals surface area contributed by atoms with Gasteiger partial charge in [-0.05, 0) is 41.8 Å². The summed E-state index contributed by atoms with van der Waals surface area (Å²) >= 11 is 1.63. The van der Waals surface area contributed by atoms with E-state index in [1.807, 2.05) is 70.9 Å². The first-order valence-corrected chi connectivity index (χ1v) is 11.4. The number of para-hydroxylation sites is 1. The molecule has 0 fully saturated rings. The van der Waals surface area contributed by atoms with Crippen LogP contribution >= 0.6 is 11.3 Å². The first kappa shape index (κ1) is 22.5. The molecule has 2 heterocycles. The number of rotatable bonds is 10. The molecular formula is C25H25N3O4S. The zero-order chi connectivity index (χ0) is 23.0. The molecule has 2 aromatic heterocycles. The fraction of sp³-hybridized carbons (Fsp3) is 0.240. The molecule has 0 unspecified atom stereocenters. The van der Waals surface area contributed by atoms with E-state index in [9.17, 15) is 4.79 Å². The molecule has 33 heavy (non-hydrogen) atoms. The van der Waals surface area contributed by atoms with Gasteiger partial charge in [0.15, 0.2) is 0 Å². The summed E-state index contributed by atoms with van der Waals surface area (Å²) in [6.07, 6.45) is 0.639. The van der Waals surface area contributed by atoms with Gasteiger partial charge in [-0.25, -0.2) is 0 Å². The van der Waals surface area contributed by atoms with Crippen LogP contribution in [0.5, 0.6) is 11.5 Å². The number of amides is 1. The van der Waals surface area contributed by atoms with Crippen LogP contribution in [0.1, 0.15) is 22.8 Å². The lowest BCUT2D eigenvalue weighted by molar-refractivity contribution is -0.132. The van der Waals surface area contributed by atoms with Crippen molar-refractivity contribution in [2.75, 3.05) is 14.2 Å². The van der Waals surface area contributed by atoms with Crippen LogP contribution in [0.25, 0.3) is 11.4 Å². The van der Waals surface area contributed by atoms with Gasteiger partial charge >= 0.3 is 0 Å². The van der Waals surface area contributed by atoms with Gasteiger partial charge in [0.05, 0.1) is 20.8 Å². The van der Waals surface area contributed by atoms with Crippen molar-refractivity contribution in [3.8, 4) is 22.9 Å². The van der Waals surface area contributed by atoms with Gasteiger partial charge in [-0.2, -0.15) is 4.98 Å². The Morgan fingerprint density at radius 3 is 2.55 bits per heavy atom. The van der Waals surface area contributed by atoms with Gasteiger partial charge in [-0.3, -0.25) is 4.79 Å². The Morgan fingerprint density at radius 2 is 1.82 bits per heavy atom. The molecule has 7 nitrogen and oxygen atoms in total. The summed E-state index contributed by atoms with van der Waals surface area (Å²) in [5.41, 5.74) is 1.79. The minimum absolute atomic E-state index is 0.0125. The van der Waals surface area contributed by atoms with Crippen molar-refractivity contribution in [1.82, 2.24) is 15.0 Å². The number of carbonyl (C=O) groups is 1. The quantitative estimate of drug-likeness (QED) is 0.330. The highest BCUT2D eigenvalue weighted by atomic mass is 32.1. The van der Waals surface area contributed by atoms with Crippen molar-refractivity contribution in [2.24, 2.45) is 0 Å².